The van der Waals surface area contributed by atoms with Crippen LogP contribution in [0.4, 0.5) is 0 Å². The highest BCUT2D eigenvalue weighted by Gasteiger charge is 2.46. The number of hydrogen-bond acceptors (Lipinski definition) is 0. The van der Waals surface area contributed by atoms with Gasteiger partial charge in [-0.05, 0) is 60.7 Å². The van der Waals surface area contributed by atoms with E-state index >= 15 is 0 Å². The zero-order chi connectivity index (χ0) is 13.3. The predicted molar refractivity (Wildman–Crippen MR) is 80.5 cm³/mol. The van der Waals surface area contributed by atoms with Crippen molar-refractivity contribution < 1.29 is 0 Å². The van der Waals surface area contributed by atoms with Crippen molar-refractivity contribution in [3.63, 3.8) is 0 Å². The van der Waals surface area contributed by atoms with Crippen LogP contribution in [-0.4, -0.2) is 0 Å². The average molecular weight is 250 g/mol. The second-order valence-electron chi connectivity index (χ2n) is 7.29. The molecule has 2 aliphatic carbocycles. The van der Waals surface area contributed by atoms with Crippen LogP contribution in [0.2, 0.25) is 0 Å². The highest BCUT2D eigenvalue weighted by molar-refractivity contribution is 4.95. The number of fused-ring (bicyclic) bond motifs is 1. The Hall–Kier alpha value is 0. The van der Waals surface area contributed by atoms with Crippen molar-refractivity contribution in [2.45, 2.75) is 73.1 Å². The summed E-state index contributed by atoms with van der Waals surface area (Å²) in [5, 5.41) is 0. The van der Waals surface area contributed by atoms with Crippen LogP contribution in [0.1, 0.15) is 73.1 Å². The molecule has 0 saturated heterocycles. The van der Waals surface area contributed by atoms with Gasteiger partial charge in [-0.2, -0.15) is 0 Å². The van der Waals surface area contributed by atoms with E-state index in [1.54, 1.807) is 0 Å². The van der Waals surface area contributed by atoms with Crippen molar-refractivity contribution in [1.29, 1.82) is 0 Å². The van der Waals surface area contributed by atoms with Gasteiger partial charge in [0.1, 0.15) is 0 Å². The smallest absolute Gasteiger partial charge is 0.0349 e. The minimum Gasteiger partial charge on any atom is -0.0651 e. The Morgan fingerprint density at radius 1 is 0.778 bits per heavy atom. The Labute approximate surface area is 115 Å². The molecular formula is C18H34. The molecule has 0 aliphatic heterocycles. The lowest BCUT2D eigenvalue weighted by molar-refractivity contribution is -0.0362. The third kappa shape index (κ3) is 2.37. The summed E-state index contributed by atoms with van der Waals surface area (Å²) in [5.74, 6) is 7.14. The van der Waals surface area contributed by atoms with E-state index in [-0.39, 0.29) is 0 Å². The lowest BCUT2D eigenvalue weighted by Gasteiger charge is -2.53. The second kappa shape index (κ2) is 5.97. The fourth-order valence-corrected chi connectivity index (χ4v) is 5.66. The minimum atomic E-state index is 0.959. The summed E-state index contributed by atoms with van der Waals surface area (Å²) in [7, 11) is 0. The molecule has 0 bridgehead atoms. The number of hydrogen-bond donors (Lipinski definition) is 0. The van der Waals surface area contributed by atoms with E-state index in [0.717, 1.165) is 41.4 Å². The van der Waals surface area contributed by atoms with Gasteiger partial charge in [0.05, 0.1) is 0 Å². The van der Waals surface area contributed by atoms with Crippen molar-refractivity contribution in [2.75, 3.05) is 0 Å². The van der Waals surface area contributed by atoms with Gasteiger partial charge in [-0.3, -0.25) is 0 Å². The Kier molecular flexibility index (Phi) is 4.78. The summed E-state index contributed by atoms with van der Waals surface area (Å²) in [6.45, 7) is 12.3. The Balaban J connectivity index is 2.19. The fraction of sp³-hybridized carbons (Fsp3) is 1.00. The van der Waals surface area contributed by atoms with Gasteiger partial charge in [-0.25, -0.2) is 0 Å². The molecule has 2 fully saturated rings. The molecule has 0 spiro atoms. The molecule has 18 heavy (non-hydrogen) atoms. The zero-order valence-electron chi connectivity index (χ0n) is 13.3. The molecule has 0 heterocycles. The van der Waals surface area contributed by atoms with E-state index in [0.29, 0.717) is 0 Å². The van der Waals surface area contributed by atoms with Crippen LogP contribution in [0.3, 0.4) is 0 Å². The molecule has 0 aromatic carbocycles. The molecule has 0 nitrogen and oxygen atoms in total. The van der Waals surface area contributed by atoms with Crippen molar-refractivity contribution >= 4 is 0 Å². The highest BCUT2D eigenvalue weighted by atomic mass is 14.5. The molecule has 0 amide bonds. The standard InChI is InChI=1S/C18H34/c1-6-14-9-10-17-15(7-2)13(5)12(4)11-18(17)16(14)8-3/h12-18H,6-11H2,1-5H3. The van der Waals surface area contributed by atoms with Crippen LogP contribution in [0, 0.1) is 41.4 Å². The quantitative estimate of drug-likeness (QED) is 0.596. The third-order valence-corrected chi connectivity index (χ3v) is 6.81. The summed E-state index contributed by atoms with van der Waals surface area (Å²) >= 11 is 0. The van der Waals surface area contributed by atoms with Crippen LogP contribution in [0.15, 0.2) is 0 Å². The first-order valence-electron chi connectivity index (χ1n) is 8.63. The van der Waals surface area contributed by atoms with Crippen molar-refractivity contribution in [3.05, 3.63) is 0 Å². The van der Waals surface area contributed by atoms with E-state index < -0.39 is 0 Å². The molecule has 7 unspecified atom stereocenters. The molecule has 0 aromatic rings. The van der Waals surface area contributed by atoms with Gasteiger partial charge in [0.2, 0.25) is 0 Å². The molecule has 7 atom stereocenters. The molecule has 0 radical (unpaired) electrons. The first-order valence-corrected chi connectivity index (χ1v) is 8.63. The topological polar surface area (TPSA) is 0 Å². The zero-order valence-corrected chi connectivity index (χ0v) is 13.3. The third-order valence-electron chi connectivity index (χ3n) is 6.81. The van der Waals surface area contributed by atoms with Crippen LogP contribution in [0.5, 0.6) is 0 Å². The summed E-state index contributed by atoms with van der Waals surface area (Å²) in [5.41, 5.74) is 0. The molecule has 2 aliphatic rings. The molecule has 0 heteroatoms. The van der Waals surface area contributed by atoms with E-state index in [2.05, 4.69) is 34.6 Å². The maximum absolute atomic E-state index is 2.53. The fourth-order valence-electron chi connectivity index (χ4n) is 5.66. The Bertz CT molecular complexity index is 257. The Morgan fingerprint density at radius 2 is 1.44 bits per heavy atom. The van der Waals surface area contributed by atoms with Crippen molar-refractivity contribution in [3.8, 4) is 0 Å². The largest absolute Gasteiger partial charge is 0.0651 e. The molecule has 106 valence electrons. The molecule has 2 saturated carbocycles. The minimum absolute atomic E-state index is 0.959. The van der Waals surface area contributed by atoms with Gasteiger partial charge in [0.15, 0.2) is 0 Å². The average Bonchev–Trinajstić information content (AvgIpc) is 2.39. The van der Waals surface area contributed by atoms with Gasteiger partial charge in [0, 0.05) is 0 Å². The predicted octanol–water partition coefficient (Wildman–Crippen LogP) is 5.77. The maximum atomic E-state index is 2.53. The van der Waals surface area contributed by atoms with Crippen LogP contribution >= 0.6 is 0 Å². The van der Waals surface area contributed by atoms with Gasteiger partial charge < -0.3 is 0 Å². The van der Waals surface area contributed by atoms with Gasteiger partial charge in [-0.1, -0.05) is 53.9 Å². The second-order valence-corrected chi connectivity index (χ2v) is 7.29. The summed E-state index contributed by atoms with van der Waals surface area (Å²) in [4.78, 5) is 0. The van der Waals surface area contributed by atoms with Crippen molar-refractivity contribution in [2.24, 2.45) is 41.4 Å². The van der Waals surface area contributed by atoms with E-state index in [1.165, 1.54) is 38.5 Å². The molecular weight excluding hydrogens is 216 g/mol. The van der Waals surface area contributed by atoms with Gasteiger partial charge in [-0.15, -0.1) is 0 Å². The van der Waals surface area contributed by atoms with Crippen LogP contribution < -0.4 is 0 Å². The number of rotatable bonds is 3. The molecule has 0 N–H and O–H groups in total. The first kappa shape index (κ1) is 14.4. The molecule has 0 aromatic heterocycles. The lowest BCUT2D eigenvalue weighted by Crippen LogP contribution is -2.45. The van der Waals surface area contributed by atoms with Crippen LogP contribution in [0.25, 0.3) is 0 Å². The van der Waals surface area contributed by atoms with Crippen LogP contribution in [-0.2, 0) is 0 Å². The monoisotopic (exact) mass is 250 g/mol. The summed E-state index contributed by atoms with van der Waals surface area (Å²) in [6, 6.07) is 0. The summed E-state index contributed by atoms with van der Waals surface area (Å²) < 4.78 is 0. The van der Waals surface area contributed by atoms with E-state index in [4.69, 9.17) is 0 Å². The summed E-state index contributed by atoms with van der Waals surface area (Å²) in [6.07, 6.45) is 8.85. The van der Waals surface area contributed by atoms with E-state index in [1.807, 2.05) is 0 Å². The highest BCUT2D eigenvalue weighted by Crippen LogP contribution is 2.54. The van der Waals surface area contributed by atoms with E-state index in [9.17, 15) is 0 Å². The van der Waals surface area contributed by atoms with Gasteiger partial charge in [0.25, 0.3) is 0 Å². The van der Waals surface area contributed by atoms with Gasteiger partial charge >= 0.3 is 0 Å². The molecule has 2 rings (SSSR count). The maximum Gasteiger partial charge on any atom is -0.0349 e. The Morgan fingerprint density at radius 3 is 2.00 bits per heavy atom. The first-order chi connectivity index (χ1) is 8.63. The van der Waals surface area contributed by atoms with Crippen molar-refractivity contribution in [1.82, 2.24) is 0 Å². The normalized spacial score (nSPS) is 48.8. The lowest BCUT2D eigenvalue weighted by atomic mass is 9.52. The SMILES string of the molecule is CCC1CCC2C(CC)C(C)C(C)CC2C1CC.